The highest BCUT2D eigenvalue weighted by molar-refractivity contribution is 7.89. The fraction of sp³-hybridized carbons (Fsp3) is 0.350. The number of hydrogen-bond donors (Lipinski definition) is 1. The van der Waals surface area contributed by atoms with Crippen LogP contribution in [0.4, 0.5) is 0 Å². The van der Waals surface area contributed by atoms with E-state index < -0.39 is 10.0 Å². The summed E-state index contributed by atoms with van der Waals surface area (Å²) in [6.45, 7) is 1.14. The van der Waals surface area contributed by atoms with Gasteiger partial charge in [0.1, 0.15) is 0 Å². The van der Waals surface area contributed by atoms with Crippen LogP contribution >= 0.6 is 11.6 Å². The van der Waals surface area contributed by atoms with Crippen LogP contribution in [-0.2, 0) is 21.2 Å². The zero-order chi connectivity index (χ0) is 19.3. The topological polar surface area (TPSA) is 66.5 Å². The Kier molecular flexibility index (Phi) is 6.52. The maximum Gasteiger partial charge on any atom is 0.240 e. The lowest BCUT2D eigenvalue weighted by Gasteiger charge is -2.32. The highest BCUT2D eigenvalue weighted by atomic mass is 35.5. The lowest BCUT2D eigenvalue weighted by Crippen LogP contribution is -2.46. The zero-order valence-electron chi connectivity index (χ0n) is 15.0. The Morgan fingerprint density at radius 1 is 1.04 bits per heavy atom. The third kappa shape index (κ3) is 5.54. The van der Waals surface area contributed by atoms with Gasteiger partial charge in [-0.2, -0.15) is 0 Å². The second kappa shape index (κ2) is 8.87. The molecule has 0 atom stereocenters. The molecule has 0 spiro atoms. The summed E-state index contributed by atoms with van der Waals surface area (Å²) in [4.78, 5) is 14.5. The van der Waals surface area contributed by atoms with E-state index in [0.717, 1.165) is 5.56 Å². The van der Waals surface area contributed by atoms with Crippen LogP contribution in [0.2, 0.25) is 5.02 Å². The van der Waals surface area contributed by atoms with Crippen LogP contribution in [-0.4, -0.2) is 38.4 Å². The molecule has 0 aromatic heterocycles. The second-order valence-corrected chi connectivity index (χ2v) is 8.87. The van der Waals surface area contributed by atoms with Crippen LogP contribution in [0, 0.1) is 0 Å². The molecule has 0 radical (unpaired) electrons. The van der Waals surface area contributed by atoms with E-state index in [0.29, 0.717) is 43.8 Å². The summed E-state index contributed by atoms with van der Waals surface area (Å²) in [5.74, 6) is 0.106. The van der Waals surface area contributed by atoms with E-state index in [9.17, 15) is 13.2 Å². The van der Waals surface area contributed by atoms with Crippen LogP contribution in [0.5, 0.6) is 0 Å². The molecule has 1 saturated heterocycles. The molecular weight excluding hydrogens is 384 g/mol. The van der Waals surface area contributed by atoms with Crippen LogP contribution in [0.3, 0.4) is 0 Å². The van der Waals surface area contributed by atoms with E-state index in [-0.39, 0.29) is 16.8 Å². The number of carbonyl (C=O) groups excluding carboxylic acids is 1. The Balaban J connectivity index is 1.47. The van der Waals surface area contributed by atoms with E-state index in [1.165, 1.54) is 0 Å². The van der Waals surface area contributed by atoms with Crippen molar-refractivity contribution in [3.05, 3.63) is 65.2 Å². The average molecular weight is 407 g/mol. The second-order valence-electron chi connectivity index (χ2n) is 6.72. The minimum absolute atomic E-state index is 0.106. The minimum atomic E-state index is -3.51. The first-order valence-electron chi connectivity index (χ1n) is 9.04. The van der Waals surface area contributed by atoms with Crippen LogP contribution in [0.1, 0.15) is 24.8 Å². The predicted molar refractivity (Wildman–Crippen MR) is 106 cm³/mol. The van der Waals surface area contributed by atoms with Gasteiger partial charge in [0.05, 0.1) is 4.90 Å². The Morgan fingerprint density at radius 2 is 1.67 bits per heavy atom. The molecular formula is C20H23ClN2O3S. The number of nitrogens with zero attached hydrogens (tertiary/aromatic N) is 1. The van der Waals surface area contributed by atoms with Gasteiger partial charge in [-0.05, 0) is 49.1 Å². The Morgan fingerprint density at radius 3 is 2.30 bits per heavy atom. The number of likely N-dealkylation sites (tertiary alicyclic amines) is 1. The molecule has 7 heteroatoms. The normalized spacial score (nSPS) is 15.7. The lowest BCUT2D eigenvalue weighted by atomic mass is 10.0. The third-order valence-electron chi connectivity index (χ3n) is 4.76. The van der Waals surface area contributed by atoms with Gasteiger partial charge in [0.2, 0.25) is 15.9 Å². The molecule has 0 aliphatic carbocycles. The molecule has 1 aliphatic rings. The molecule has 144 valence electrons. The largest absolute Gasteiger partial charge is 0.343 e. The third-order valence-corrected chi connectivity index (χ3v) is 6.55. The van der Waals surface area contributed by atoms with Crippen molar-refractivity contribution in [3.8, 4) is 0 Å². The number of nitrogens with one attached hydrogen (secondary N) is 1. The van der Waals surface area contributed by atoms with E-state index in [4.69, 9.17) is 11.6 Å². The van der Waals surface area contributed by atoms with Gasteiger partial charge in [0, 0.05) is 30.6 Å². The van der Waals surface area contributed by atoms with Crippen LogP contribution in [0.15, 0.2) is 59.5 Å². The average Bonchev–Trinajstić information content (AvgIpc) is 2.68. The van der Waals surface area contributed by atoms with Crippen molar-refractivity contribution in [2.24, 2.45) is 0 Å². The van der Waals surface area contributed by atoms with Crippen LogP contribution < -0.4 is 4.72 Å². The number of halogens is 1. The molecule has 0 saturated carbocycles. The van der Waals surface area contributed by atoms with E-state index >= 15 is 0 Å². The molecule has 1 amide bonds. The summed E-state index contributed by atoms with van der Waals surface area (Å²) in [5.41, 5.74) is 1.08. The molecule has 3 rings (SSSR count). The fourth-order valence-corrected chi connectivity index (χ4v) is 4.65. The van der Waals surface area contributed by atoms with Crippen molar-refractivity contribution >= 4 is 27.5 Å². The molecule has 1 aliphatic heterocycles. The van der Waals surface area contributed by atoms with Crippen LogP contribution in [0.25, 0.3) is 0 Å². The summed E-state index contributed by atoms with van der Waals surface area (Å²) in [5, 5.41) is 0.685. The number of hydrogen-bond acceptors (Lipinski definition) is 3. The number of sulfonamides is 1. The number of piperidine rings is 1. The van der Waals surface area contributed by atoms with Crippen molar-refractivity contribution in [1.29, 1.82) is 0 Å². The minimum Gasteiger partial charge on any atom is -0.343 e. The van der Waals surface area contributed by atoms with Crippen molar-refractivity contribution in [1.82, 2.24) is 9.62 Å². The number of carbonyl (C=O) groups is 1. The number of rotatable bonds is 6. The van der Waals surface area contributed by atoms with E-state index in [1.807, 2.05) is 29.2 Å². The smallest absolute Gasteiger partial charge is 0.240 e. The lowest BCUT2D eigenvalue weighted by molar-refractivity contribution is -0.132. The van der Waals surface area contributed by atoms with Crippen molar-refractivity contribution in [2.45, 2.75) is 36.6 Å². The van der Waals surface area contributed by atoms with E-state index in [1.54, 1.807) is 30.3 Å². The fourth-order valence-electron chi connectivity index (χ4n) is 3.19. The van der Waals surface area contributed by atoms with Gasteiger partial charge >= 0.3 is 0 Å². The number of amides is 1. The highest BCUT2D eigenvalue weighted by Gasteiger charge is 2.26. The molecule has 1 N–H and O–H groups in total. The van der Waals surface area contributed by atoms with Crippen molar-refractivity contribution < 1.29 is 13.2 Å². The van der Waals surface area contributed by atoms with Gasteiger partial charge in [0.15, 0.2) is 0 Å². The molecule has 27 heavy (non-hydrogen) atoms. The van der Waals surface area contributed by atoms with Gasteiger partial charge in [-0.3, -0.25) is 4.79 Å². The molecule has 0 unspecified atom stereocenters. The maximum atomic E-state index is 12.4. The van der Waals surface area contributed by atoms with Gasteiger partial charge in [0.25, 0.3) is 0 Å². The first kappa shape index (κ1) is 19.9. The molecule has 1 heterocycles. The van der Waals surface area contributed by atoms with Gasteiger partial charge in [-0.1, -0.05) is 41.9 Å². The SMILES string of the molecule is O=C(CCc1ccc(Cl)cc1)N1CCC(NS(=O)(=O)c2ccccc2)CC1. The van der Waals surface area contributed by atoms with Gasteiger partial charge in [-0.25, -0.2) is 13.1 Å². The summed E-state index contributed by atoms with van der Waals surface area (Å²) < 4.78 is 27.6. The summed E-state index contributed by atoms with van der Waals surface area (Å²) in [6.07, 6.45) is 2.37. The van der Waals surface area contributed by atoms with E-state index in [2.05, 4.69) is 4.72 Å². The predicted octanol–water partition coefficient (Wildman–Crippen LogP) is 3.24. The maximum absolute atomic E-state index is 12.4. The van der Waals surface area contributed by atoms with Gasteiger partial charge < -0.3 is 4.90 Å². The monoisotopic (exact) mass is 406 g/mol. The van der Waals surface area contributed by atoms with Crippen molar-refractivity contribution in [2.75, 3.05) is 13.1 Å². The molecule has 2 aromatic rings. The molecule has 1 fully saturated rings. The quantitative estimate of drug-likeness (QED) is 0.800. The highest BCUT2D eigenvalue weighted by Crippen LogP contribution is 2.17. The summed E-state index contributed by atoms with van der Waals surface area (Å²) in [6, 6.07) is 15.7. The Labute approximate surface area is 165 Å². The first-order chi connectivity index (χ1) is 12.9. The first-order valence-corrected chi connectivity index (χ1v) is 10.9. The Hall–Kier alpha value is -1.89. The summed E-state index contributed by atoms with van der Waals surface area (Å²) >= 11 is 5.87. The standard InChI is InChI=1S/C20H23ClN2O3S/c21-17-9-6-16(7-10-17)8-11-20(24)23-14-12-18(13-15-23)22-27(25,26)19-4-2-1-3-5-19/h1-7,9-10,18,22H,8,11-15H2. The number of benzene rings is 2. The number of aryl methyl sites for hydroxylation is 1. The Bertz CT molecular complexity index is 862. The molecule has 0 bridgehead atoms. The van der Waals surface area contributed by atoms with Crippen molar-refractivity contribution in [3.63, 3.8) is 0 Å². The molecule has 2 aromatic carbocycles. The molecule has 5 nitrogen and oxygen atoms in total. The van der Waals surface area contributed by atoms with Gasteiger partial charge in [-0.15, -0.1) is 0 Å². The zero-order valence-corrected chi connectivity index (χ0v) is 16.5. The summed E-state index contributed by atoms with van der Waals surface area (Å²) in [7, 11) is -3.51.